The van der Waals surface area contributed by atoms with E-state index in [1.165, 1.54) is 11.6 Å². The fraction of sp³-hybridized carbons (Fsp3) is 0.261. The van der Waals surface area contributed by atoms with Crippen LogP contribution < -0.4 is 10.9 Å². The fourth-order valence-corrected chi connectivity index (χ4v) is 3.09. The van der Waals surface area contributed by atoms with Crippen LogP contribution in [-0.4, -0.2) is 27.3 Å². The van der Waals surface area contributed by atoms with Crippen LogP contribution in [0.5, 0.6) is 0 Å². The van der Waals surface area contributed by atoms with Gasteiger partial charge in [0.15, 0.2) is 6.10 Å². The Morgan fingerprint density at radius 3 is 2.30 bits per heavy atom. The van der Waals surface area contributed by atoms with Gasteiger partial charge >= 0.3 is 5.97 Å². The number of hydrogen-bond acceptors (Lipinski definition) is 4. The molecule has 3 aromatic rings. The molecule has 0 unspecified atom stereocenters. The fourth-order valence-electron chi connectivity index (χ4n) is 3.09. The van der Waals surface area contributed by atoms with E-state index in [2.05, 4.69) is 5.32 Å². The van der Waals surface area contributed by atoms with Crippen LogP contribution >= 0.6 is 0 Å². The van der Waals surface area contributed by atoms with Crippen LogP contribution in [0.15, 0.2) is 53.3 Å². The van der Waals surface area contributed by atoms with Gasteiger partial charge in [-0.05, 0) is 63.1 Å². The van der Waals surface area contributed by atoms with Gasteiger partial charge in [-0.1, -0.05) is 24.3 Å². The third kappa shape index (κ3) is 4.05. The second-order valence-electron chi connectivity index (χ2n) is 7.27. The van der Waals surface area contributed by atoms with Crippen molar-refractivity contribution in [3.8, 4) is 5.69 Å². The van der Waals surface area contributed by atoms with Crippen LogP contribution in [0.2, 0.25) is 0 Å². The van der Waals surface area contributed by atoms with E-state index in [-0.39, 0.29) is 11.2 Å². The van der Waals surface area contributed by atoms with Gasteiger partial charge in [-0.15, -0.1) is 0 Å². The molecule has 30 heavy (non-hydrogen) atoms. The van der Waals surface area contributed by atoms with Crippen LogP contribution in [0, 0.1) is 20.8 Å². The molecule has 0 fully saturated rings. The highest BCUT2D eigenvalue weighted by Crippen LogP contribution is 2.15. The number of aromatic nitrogens is 2. The molecule has 2 aromatic carbocycles. The van der Waals surface area contributed by atoms with Gasteiger partial charge in [-0.2, -0.15) is 0 Å². The molecule has 1 N–H and O–H groups in total. The van der Waals surface area contributed by atoms with Gasteiger partial charge in [0.05, 0.1) is 16.9 Å². The standard InChI is InChI=1S/C23H25N3O4/c1-14-11-12-18(13-15(14)2)23(29)30-17(4)21(27)24-20-16(3)25(5)26(22(20)28)19-9-7-6-8-10-19/h6-13,17H,1-5H3,(H,24,27)/t17-/m1/s1. The summed E-state index contributed by atoms with van der Waals surface area (Å²) in [7, 11) is 1.74. The number of carbonyl (C=O) groups is 2. The van der Waals surface area contributed by atoms with Crippen molar-refractivity contribution < 1.29 is 14.3 Å². The normalized spacial score (nSPS) is 11.8. The molecule has 0 bridgehead atoms. The minimum absolute atomic E-state index is 0.153. The van der Waals surface area contributed by atoms with Crippen molar-refractivity contribution in [1.29, 1.82) is 0 Å². The summed E-state index contributed by atoms with van der Waals surface area (Å²) in [5.41, 5.74) is 3.46. The third-order valence-electron chi connectivity index (χ3n) is 5.20. The summed E-state index contributed by atoms with van der Waals surface area (Å²) < 4.78 is 8.43. The lowest BCUT2D eigenvalue weighted by Crippen LogP contribution is -2.32. The predicted octanol–water partition coefficient (Wildman–Crippen LogP) is 3.29. The van der Waals surface area contributed by atoms with Crippen LogP contribution in [0.25, 0.3) is 5.69 Å². The first-order valence-electron chi connectivity index (χ1n) is 9.63. The van der Waals surface area contributed by atoms with Crippen molar-refractivity contribution >= 4 is 17.6 Å². The number of amides is 1. The van der Waals surface area contributed by atoms with Crippen LogP contribution in [0.3, 0.4) is 0 Å². The lowest BCUT2D eigenvalue weighted by Gasteiger charge is -2.13. The number of aryl methyl sites for hydroxylation is 2. The van der Waals surface area contributed by atoms with Gasteiger partial charge in [0.1, 0.15) is 5.69 Å². The van der Waals surface area contributed by atoms with Gasteiger partial charge in [-0.25, -0.2) is 9.48 Å². The summed E-state index contributed by atoms with van der Waals surface area (Å²) in [6, 6.07) is 14.3. The lowest BCUT2D eigenvalue weighted by atomic mass is 10.1. The number of nitrogens with one attached hydrogen (secondary N) is 1. The molecule has 1 heterocycles. The van der Waals surface area contributed by atoms with Crippen LogP contribution in [0.4, 0.5) is 5.69 Å². The Labute approximate surface area is 174 Å². The largest absolute Gasteiger partial charge is 0.449 e. The zero-order valence-electron chi connectivity index (χ0n) is 17.7. The first kappa shape index (κ1) is 21.1. The summed E-state index contributed by atoms with van der Waals surface area (Å²) >= 11 is 0. The van der Waals surface area contributed by atoms with E-state index < -0.39 is 18.0 Å². The number of hydrogen-bond donors (Lipinski definition) is 1. The first-order chi connectivity index (χ1) is 14.2. The SMILES string of the molecule is Cc1ccc(C(=O)O[C@H](C)C(=O)Nc2c(C)n(C)n(-c3ccccc3)c2=O)cc1C. The van der Waals surface area contributed by atoms with Gasteiger partial charge in [0.25, 0.3) is 11.5 Å². The molecule has 7 heteroatoms. The Kier molecular flexibility index (Phi) is 5.91. The Morgan fingerprint density at radius 1 is 1.00 bits per heavy atom. The molecule has 0 aliphatic rings. The van der Waals surface area contributed by atoms with Crippen molar-refractivity contribution in [2.24, 2.45) is 7.05 Å². The summed E-state index contributed by atoms with van der Waals surface area (Å²) in [5.74, 6) is -1.16. The van der Waals surface area contributed by atoms with E-state index in [0.29, 0.717) is 16.9 Å². The number of benzene rings is 2. The number of nitrogens with zero attached hydrogens (tertiary/aromatic N) is 2. The summed E-state index contributed by atoms with van der Waals surface area (Å²) in [5, 5.41) is 2.62. The Hall–Kier alpha value is -3.61. The van der Waals surface area contributed by atoms with Crippen molar-refractivity contribution in [2.75, 3.05) is 5.32 Å². The maximum atomic E-state index is 12.9. The topological polar surface area (TPSA) is 82.3 Å². The van der Waals surface area contributed by atoms with Gasteiger partial charge < -0.3 is 10.1 Å². The van der Waals surface area contributed by atoms with E-state index in [0.717, 1.165) is 11.1 Å². The second-order valence-corrected chi connectivity index (χ2v) is 7.27. The zero-order chi connectivity index (χ0) is 22.0. The molecule has 0 aliphatic heterocycles. The minimum Gasteiger partial charge on any atom is -0.449 e. The molecule has 1 amide bonds. The predicted molar refractivity (Wildman–Crippen MR) is 115 cm³/mol. The van der Waals surface area contributed by atoms with Crippen LogP contribution in [0.1, 0.15) is 34.1 Å². The Bertz CT molecular complexity index is 1160. The van der Waals surface area contributed by atoms with E-state index in [9.17, 15) is 14.4 Å². The van der Waals surface area contributed by atoms with E-state index in [4.69, 9.17) is 4.74 Å². The molecule has 0 saturated carbocycles. The number of para-hydroxylation sites is 1. The molecule has 3 rings (SSSR count). The molecular weight excluding hydrogens is 382 g/mol. The van der Waals surface area contributed by atoms with Crippen molar-refractivity contribution in [1.82, 2.24) is 9.36 Å². The summed E-state index contributed by atoms with van der Waals surface area (Å²) in [4.78, 5) is 37.9. The van der Waals surface area contributed by atoms with Crippen molar-refractivity contribution in [3.05, 3.63) is 81.3 Å². The number of carbonyl (C=O) groups excluding carboxylic acids is 2. The van der Waals surface area contributed by atoms with Crippen molar-refractivity contribution in [2.45, 2.75) is 33.8 Å². The molecule has 7 nitrogen and oxygen atoms in total. The lowest BCUT2D eigenvalue weighted by molar-refractivity contribution is -0.123. The maximum Gasteiger partial charge on any atom is 0.338 e. The number of esters is 1. The number of rotatable bonds is 5. The molecule has 1 atom stereocenters. The monoisotopic (exact) mass is 407 g/mol. The summed E-state index contributed by atoms with van der Waals surface area (Å²) in [6.07, 6.45) is -1.07. The average molecular weight is 407 g/mol. The number of ether oxygens (including phenoxy) is 1. The van der Waals surface area contributed by atoms with Gasteiger partial charge in [0, 0.05) is 7.05 Å². The first-order valence-corrected chi connectivity index (χ1v) is 9.63. The second kappa shape index (κ2) is 8.41. The number of anilines is 1. The van der Waals surface area contributed by atoms with E-state index in [1.54, 1.807) is 42.9 Å². The highest BCUT2D eigenvalue weighted by atomic mass is 16.5. The third-order valence-corrected chi connectivity index (χ3v) is 5.20. The van der Waals surface area contributed by atoms with E-state index >= 15 is 0 Å². The zero-order valence-corrected chi connectivity index (χ0v) is 17.7. The molecule has 1 aromatic heterocycles. The molecule has 0 radical (unpaired) electrons. The maximum absolute atomic E-state index is 12.9. The summed E-state index contributed by atoms with van der Waals surface area (Å²) in [6.45, 7) is 7.06. The highest BCUT2D eigenvalue weighted by molar-refractivity contribution is 5.97. The molecule has 0 aliphatic carbocycles. The molecule has 0 spiro atoms. The van der Waals surface area contributed by atoms with Gasteiger partial charge in [-0.3, -0.25) is 14.3 Å². The average Bonchev–Trinajstić information content (AvgIpc) is 2.93. The Morgan fingerprint density at radius 2 is 1.67 bits per heavy atom. The molecule has 156 valence electrons. The Balaban J connectivity index is 1.78. The smallest absolute Gasteiger partial charge is 0.338 e. The van der Waals surface area contributed by atoms with Crippen LogP contribution in [-0.2, 0) is 16.6 Å². The highest BCUT2D eigenvalue weighted by Gasteiger charge is 2.23. The quantitative estimate of drug-likeness (QED) is 0.658. The minimum atomic E-state index is -1.07. The molecular formula is C23H25N3O4. The van der Waals surface area contributed by atoms with Gasteiger partial charge in [0.2, 0.25) is 0 Å². The van der Waals surface area contributed by atoms with E-state index in [1.807, 2.05) is 38.1 Å². The van der Waals surface area contributed by atoms with Crippen molar-refractivity contribution in [3.63, 3.8) is 0 Å². The molecule has 0 saturated heterocycles.